The molecule has 0 spiro atoms. The molecule has 1 nitrogen and oxygen atoms in total. The summed E-state index contributed by atoms with van der Waals surface area (Å²) in [5.41, 5.74) is 7.76. The van der Waals surface area contributed by atoms with Gasteiger partial charge in [0.2, 0.25) is 0 Å². The molecule has 3 aliphatic carbocycles. The number of benzene rings is 2. The van der Waals surface area contributed by atoms with Crippen LogP contribution in [0.5, 0.6) is 0 Å². The number of rotatable bonds is 7. The van der Waals surface area contributed by atoms with Crippen LogP contribution in [0.4, 0.5) is 4.39 Å². The van der Waals surface area contributed by atoms with Gasteiger partial charge in [0.25, 0.3) is 0 Å². The van der Waals surface area contributed by atoms with E-state index in [1.54, 1.807) is 0 Å². The summed E-state index contributed by atoms with van der Waals surface area (Å²) >= 11 is 0. The van der Waals surface area contributed by atoms with Crippen molar-refractivity contribution < 1.29 is 9.18 Å². The van der Waals surface area contributed by atoms with E-state index in [2.05, 4.69) is 44.2 Å². The third-order valence-corrected chi connectivity index (χ3v) is 7.99. The second kappa shape index (κ2) is 8.81. The Kier molecular flexibility index (Phi) is 5.88. The first-order valence-corrected chi connectivity index (χ1v) is 12.5. The van der Waals surface area contributed by atoms with E-state index in [9.17, 15) is 4.79 Å². The number of carbonyl (C=O) groups is 1. The van der Waals surface area contributed by atoms with E-state index in [1.165, 1.54) is 24.8 Å². The summed E-state index contributed by atoms with van der Waals surface area (Å²) in [7, 11) is 0. The number of carbonyl (C=O) groups excluding carboxylic acids is 1. The number of halogens is 1. The molecule has 0 aromatic heterocycles. The SMILES string of the molecule is CCC(CC)CCCC1c2ccc(C3=CCCC=C3)c(F)c2-c2c1ccc1c2CCC1=O. The molecule has 0 saturated heterocycles. The first-order valence-electron chi connectivity index (χ1n) is 12.5. The fourth-order valence-corrected chi connectivity index (χ4v) is 6.10. The van der Waals surface area contributed by atoms with Crippen molar-refractivity contribution in [2.75, 3.05) is 0 Å². The standard InChI is InChI=1S/C30H33FO/c1-3-19(4-2)9-8-12-22-24-16-14-23-26(17-18-27(23)32)28(24)29-25(22)15-13-21(30(29)31)20-10-6-5-7-11-20/h6,10-11,13-16,19,22H,3-5,7-9,12,17-18H2,1-2H3. The first-order chi connectivity index (χ1) is 15.6. The van der Waals surface area contributed by atoms with Crippen LogP contribution in [0.25, 0.3) is 16.7 Å². The van der Waals surface area contributed by atoms with Crippen LogP contribution in [-0.4, -0.2) is 5.78 Å². The van der Waals surface area contributed by atoms with Gasteiger partial charge in [-0.1, -0.05) is 82.0 Å². The average molecular weight is 429 g/mol. The molecule has 0 radical (unpaired) electrons. The van der Waals surface area contributed by atoms with Crippen molar-refractivity contribution in [1.82, 2.24) is 0 Å². The fourth-order valence-electron chi connectivity index (χ4n) is 6.10. The fraction of sp³-hybridized carbons (Fsp3) is 0.433. The molecule has 3 aliphatic rings. The highest BCUT2D eigenvalue weighted by molar-refractivity contribution is 6.04. The van der Waals surface area contributed by atoms with Crippen LogP contribution in [-0.2, 0) is 6.42 Å². The Hall–Kier alpha value is -2.48. The van der Waals surface area contributed by atoms with Gasteiger partial charge in [-0.2, -0.15) is 0 Å². The van der Waals surface area contributed by atoms with Crippen LogP contribution >= 0.6 is 0 Å². The second-order valence-corrected chi connectivity index (χ2v) is 9.68. The molecule has 0 amide bonds. The molecule has 1 atom stereocenters. The van der Waals surface area contributed by atoms with E-state index in [-0.39, 0.29) is 17.5 Å². The predicted molar refractivity (Wildman–Crippen MR) is 131 cm³/mol. The zero-order valence-electron chi connectivity index (χ0n) is 19.3. The molecule has 2 heteroatoms. The average Bonchev–Trinajstić information content (AvgIpc) is 3.36. The minimum absolute atomic E-state index is 0.100. The molecular formula is C30H33FO. The van der Waals surface area contributed by atoms with E-state index in [1.807, 2.05) is 12.1 Å². The maximum absolute atomic E-state index is 16.2. The van der Waals surface area contributed by atoms with Gasteiger partial charge in [0.15, 0.2) is 5.78 Å². The van der Waals surface area contributed by atoms with Crippen LogP contribution < -0.4 is 0 Å². The van der Waals surface area contributed by atoms with Gasteiger partial charge in [0, 0.05) is 29.0 Å². The third-order valence-electron chi connectivity index (χ3n) is 7.99. The van der Waals surface area contributed by atoms with Crippen molar-refractivity contribution in [3.63, 3.8) is 0 Å². The maximum Gasteiger partial charge on any atom is 0.163 e. The van der Waals surface area contributed by atoms with Crippen molar-refractivity contribution >= 4 is 11.4 Å². The van der Waals surface area contributed by atoms with Crippen molar-refractivity contribution in [2.45, 2.75) is 77.6 Å². The summed E-state index contributed by atoms with van der Waals surface area (Å²) in [6, 6.07) is 8.29. The van der Waals surface area contributed by atoms with Crippen LogP contribution in [0.3, 0.4) is 0 Å². The van der Waals surface area contributed by atoms with Crippen molar-refractivity contribution in [2.24, 2.45) is 5.92 Å². The quantitative estimate of drug-likeness (QED) is 0.432. The van der Waals surface area contributed by atoms with E-state index in [0.29, 0.717) is 12.0 Å². The molecule has 2 aromatic carbocycles. The molecule has 0 heterocycles. The summed E-state index contributed by atoms with van der Waals surface area (Å²) in [4.78, 5) is 12.5. The van der Waals surface area contributed by atoms with Crippen LogP contribution in [0.2, 0.25) is 0 Å². The third kappa shape index (κ3) is 3.49. The zero-order valence-corrected chi connectivity index (χ0v) is 19.3. The number of hydrogen-bond donors (Lipinski definition) is 0. The maximum atomic E-state index is 16.2. The van der Waals surface area contributed by atoms with E-state index >= 15 is 4.39 Å². The molecule has 0 fully saturated rings. The van der Waals surface area contributed by atoms with E-state index in [0.717, 1.165) is 71.4 Å². The predicted octanol–water partition coefficient (Wildman–Crippen LogP) is 8.41. The molecular weight excluding hydrogens is 395 g/mol. The van der Waals surface area contributed by atoms with Crippen molar-refractivity contribution in [1.29, 1.82) is 0 Å². The first kappa shape index (κ1) is 21.4. The van der Waals surface area contributed by atoms with Crippen LogP contribution in [0, 0.1) is 11.7 Å². The minimum atomic E-state index is -0.100. The molecule has 1 unspecified atom stereocenters. The van der Waals surface area contributed by atoms with Gasteiger partial charge in [0.05, 0.1) is 0 Å². The largest absolute Gasteiger partial charge is 0.294 e. The molecule has 0 N–H and O–H groups in total. The summed E-state index contributed by atoms with van der Waals surface area (Å²) < 4.78 is 16.2. The minimum Gasteiger partial charge on any atom is -0.294 e. The van der Waals surface area contributed by atoms with Gasteiger partial charge < -0.3 is 0 Å². The van der Waals surface area contributed by atoms with Crippen molar-refractivity contribution in [3.8, 4) is 11.1 Å². The molecule has 166 valence electrons. The Bertz CT molecular complexity index is 1120. The summed E-state index contributed by atoms with van der Waals surface area (Å²) in [6.07, 6.45) is 15.5. The topological polar surface area (TPSA) is 17.1 Å². The van der Waals surface area contributed by atoms with Crippen LogP contribution in [0.1, 0.15) is 104 Å². The Morgan fingerprint density at radius 1 is 0.969 bits per heavy atom. The highest BCUT2D eigenvalue weighted by Gasteiger charge is 2.36. The molecule has 0 aliphatic heterocycles. The van der Waals surface area contributed by atoms with Gasteiger partial charge in [-0.3, -0.25) is 4.79 Å². The smallest absolute Gasteiger partial charge is 0.163 e. The monoisotopic (exact) mass is 428 g/mol. The second-order valence-electron chi connectivity index (χ2n) is 9.68. The Balaban J connectivity index is 1.60. The lowest BCUT2D eigenvalue weighted by Crippen LogP contribution is -2.02. The number of fused-ring (bicyclic) bond motifs is 5. The Morgan fingerprint density at radius 2 is 1.72 bits per heavy atom. The van der Waals surface area contributed by atoms with Gasteiger partial charge >= 0.3 is 0 Å². The van der Waals surface area contributed by atoms with Gasteiger partial charge in [0.1, 0.15) is 5.82 Å². The zero-order chi connectivity index (χ0) is 22.2. The van der Waals surface area contributed by atoms with Gasteiger partial charge in [-0.25, -0.2) is 4.39 Å². The number of hydrogen-bond acceptors (Lipinski definition) is 1. The molecule has 32 heavy (non-hydrogen) atoms. The summed E-state index contributed by atoms with van der Waals surface area (Å²) in [5.74, 6) is 1.11. The highest BCUT2D eigenvalue weighted by atomic mass is 19.1. The molecule has 0 bridgehead atoms. The highest BCUT2D eigenvalue weighted by Crippen LogP contribution is 2.52. The van der Waals surface area contributed by atoms with E-state index < -0.39 is 0 Å². The summed E-state index contributed by atoms with van der Waals surface area (Å²) in [5, 5.41) is 0. The molecule has 2 aromatic rings. The lowest BCUT2D eigenvalue weighted by molar-refractivity contribution is 0.0994. The summed E-state index contributed by atoms with van der Waals surface area (Å²) in [6.45, 7) is 4.56. The van der Waals surface area contributed by atoms with E-state index in [4.69, 9.17) is 0 Å². The lowest BCUT2D eigenvalue weighted by Gasteiger charge is -2.17. The van der Waals surface area contributed by atoms with Gasteiger partial charge in [-0.05, 0) is 59.4 Å². The number of Topliss-reactive ketones (excluding diaryl/α,β-unsaturated/α-hetero) is 1. The Morgan fingerprint density at radius 3 is 2.44 bits per heavy atom. The van der Waals surface area contributed by atoms with Crippen molar-refractivity contribution in [3.05, 3.63) is 76.1 Å². The number of ketones is 1. The van der Waals surface area contributed by atoms with Gasteiger partial charge in [-0.15, -0.1) is 0 Å². The lowest BCUT2D eigenvalue weighted by atomic mass is 9.87. The molecule has 5 rings (SSSR count). The normalized spacial score (nSPS) is 18.7. The molecule has 0 saturated carbocycles. The Labute approximate surface area is 191 Å². The number of allylic oxidation sites excluding steroid dienone is 4. The van der Waals surface area contributed by atoms with Crippen LogP contribution in [0.15, 0.2) is 42.5 Å².